The standard InChI is InChI=1S/C24H19BrF5NO7/c25-22-13(11-1-3-12(4-2-11)24(28,29)30)9-16(38-22)17(10-36-19(34)8-7-18(32)33)37-15-6-5-14(26)20(21(15)27)23(31)35/h1-6,9,17,23,35H,7-8,10,31H2,(H,32,33)/t17-,23?/m1/s1. The van der Waals surface area contributed by atoms with E-state index in [4.69, 9.17) is 24.7 Å². The molecule has 4 N–H and O–H groups in total. The number of halogens is 6. The Morgan fingerprint density at radius 3 is 2.32 bits per heavy atom. The molecule has 0 aliphatic heterocycles. The van der Waals surface area contributed by atoms with Crippen molar-refractivity contribution in [2.75, 3.05) is 6.61 Å². The molecule has 0 spiro atoms. The molecule has 1 aromatic heterocycles. The van der Waals surface area contributed by atoms with Crippen LogP contribution >= 0.6 is 15.9 Å². The summed E-state index contributed by atoms with van der Waals surface area (Å²) < 4.78 is 83.7. The van der Waals surface area contributed by atoms with E-state index in [0.29, 0.717) is 5.56 Å². The Morgan fingerprint density at radius 1 is 1.08 bits per heavy atom. The minimum absolute atomic E-state index is 0.0516. The molecule has 0 aliphatic carbocycles. The number of hydrogen-bond donors (Lipinski definition) is 3. The molecule has 0 aliphatic rings. The van der Waals surface area contributed by atoms with Gasteiger partial charge in [0.15, 0.2) is 22.3 Å². The molecule has 2 atom stereocenters. The van der Waals surface area contributed by atoms with Crippen LogP contribution < -0.4 is 10.5 Å². The number of rotatable bonds is 10. The number of carbonyl (C=O) groups excluding carboxylic acids is 1. The molecule has 3 aromatic rings. The molecule has 0 amide bonds. The molecule has 0 radical (unpaired) electrons. The van der Waals surface area contributed by atoms with Crippen LogP contribution in [0.5, 0.6) is 5.75 Å². The van der Waals surface area contributed by atoms with Gasteiger partial charge in [0, 0.05) is 5.56 Å². The van der Waals surface area contributed by atoms with Crippen molar-refractivity contribution in [2.45, 2.75) is 31.3 Å². The van der Waals surface area contributed by atoms with E-state index in [1.54, 1.807) is 0 Å². The van der Waals surface area contributed by atoms with E-state index in [9.17, 15) is 36.6 Å². The highest BCUT2D eigenvalue weighted by Gasteiger charge is 2.31. The van der Waals surface area contributed by atoms with Gasteiger partial charge in [0.05, 0.1) is 24.0 Å². The number of alkyl halides is 3. The number of esters is 1. The van der Waals surface area contributed by atoms with Crippen molar-refractivity contribution >= 4 is 27.9 Å². The van der Waals surface area contributed by atoms with Crippen LogP contribution in [0.3, 0.4) is 0 Å². The van der Waals surface area contributed by atoms with Gasteiger partial charge in [-0.25, -0.2) is 8.78 Å². The summed E-state index contributed by atoms with van der Waals surface area (Å²) in [4.78, 5) is 22.6. The summed E-state index contributed by atoms with van der Waals surface area (Å²) in [5.74, 6) is -5.33. The number of furan rings is 1. The lowest BCUT2D eigenvalue weighted by Crippen LogP contribution is -2.19. The molecule has 8 nitrogen and oxygen atoms in total. The Kier molecular flexibility index (Phi) is 9.12. The van der Waals surface area contributed by atoms with Crippen molar-refractivity contribution < 1.29 is 55.6 Å². The van der Waals surface area contributed by atoms with Crippen LogP contribution in [0.4, 0.5) is 22.0 Å². The van der Waals surface area contributed by atoms with Crippen LogP contribution in [0.1, 0.15) is 42.1 Å². The molecule has 0 fully saturated rings. The highest BCUT2D eigenvalue weighted by atomic mass is 79.9. The number of aliphatic hydroxyl groups is 1. The fourth-order valence-corrected chi connectivity index (χ4v) is 3.80. The number of carboxylic acid groups (broad SMARTS) is 1. The Hall–Kier alpha value is -3.49. The number of ether oxygens (including phenoxy) is 2. The number of carbonyl (C=O) groups is 2. The van der Waals surface area contributed by atoms with Gasteiger partial charge in [0.2, 0.25) is 0 Å². The van der Waals surface area contributed by atoms with Crippen LogP contribution in [-0.4, -0.2) is 28.8 Å². The van der Waals surface area contributed by atoms with Crippen LogP contribution in [0.2, 0.25) is 0 Å². The number of hydrogen-bond acceptors (Lipinski definition) is 7. The minimum atomic E-state index is -4.55. The molecule has 0 saturated heterocycles. The van der Waals surface area contributed by atoms with Gasteiger partial charge in [0.1, 0.15) is 24.4 Å². The Balaban J connectivity index is 1.94. The van der Waals surface area contributed by atoms with E-state index in [1.165, 1.54) is 18.2 Å². The second-order valence-corrected chi connectivity index (χ2v) is 8.53. The first-order chi connectivity index (χ1) is 17.8. The summed E-state index contributed by atoms with van der Waals surface area (Å²) in [6, 6.07) is 7.12. The van der Waals surface area contributed by atoms with Gasteiger partial charge in [-0.2, -0.15) is 13.2 Å². The highest BCUT2D eigenvalue weighted by molar-refractivity contribution is 9.10. The lowest BCUT2D eigenvalue weighted by atomic mass is 10.1. The molecule has 38 heavy (non-hydrogen) atoms. The van der Waals surface area contributed by atoms with Gasteiger partial charge in [-0.1, -0.05) is 12.1 Å². The highest BCUT2D eigenvalue weighted by Crippen LogP contribution is 2.38. The summed E-state index contributed by atoms with van der Waals surface area (Å²) in [6.45, 7) is -0.623. The first-order valence-corrected chi connectivity index (χ1v) is 11.5. The molecule has 2 aromatic carbocycles. The van der Waals surface area contributed by atoms with Crippen molar-refractivity contribution in [3.63, 3.8) is 0 Å². The molecular weight excluding hydrogens is 589 g/mol. The number of carboxylic acids is 1. The normalized spacial score (nSPS) is 13.2. The maximum absolute atomic E-state index is 14.8. The van der Waals surface area contributed by atoms with E-state index < -0.39 is 78.4 Å². The second kappa shape index (κ2) is 11.9. The van der Waals surface area contributed by atoms with Crippen molar-refractivity contribution in [3.05, 3.63) is 75.7 Å². The third-order valence-corrected chi connectivity index (χ3v) is 5.73. The summed E-state index contributed by atoms with van der Waals surface area (Å²) in [6.07, 6.45) is -8.95. The van der Waals surface area contributed by atoms with E-state index >= 15 is 0 Å². The number of aliphatic hydroxyl groups excluding tert-OH is 1. The van der Waals surface area contributed by atoms with E-state index in [2.05, 4.69) is 15.9 Å². The lowest BCUT2D eigenvalue weighted by molar-refractivity contribution is -0.149. The quantitative estimate of drug-likeness (QED) is 0.157. The smallest absolute Gasteiger partial charge is 0.416 e. The molecular formula is C24H19BrF5NO7. The van der Waals surface area contributed by atoms with Crippen molar-refractivity contribution in [1.29, 1.82) is 0 Å². The van der Waals surface area contributed by atoms with Gasteiger partial charge >= 0.3 is 18.1 Å². The SMILES string of the molecule is NC(O)c1c(F)ccc(O[C@H](COC(=O)CCC(=O)O)c2cc(-c3ccc(C(F)(F)F)cc3)c(Br)o2)c1F. The third kappa shape index (κ3) is 7.08. The second-order valence-electron chi connectivity index (χ2n) is 7.81. The molecule has 1 unspecified atom stereocenters. The zero-order chi connectivity index (χ0) is 28.2. The average Bonchev–Trinajstić information content (AvgIpc) is 3.22. The largest absolute Gasteiger partial charge is 0.481 e. The first-order valence-electron chi connectivity index (χ1n) is 10.7. The molecule has 14 heteroatoms. The molecule has 3 rings (SSSR count). The number of aliphatic carboxylic acids is 1. The van der Waals surface area contributed by atoms with Crippen molar-refractivity contribution in [3.8, 4) is 16.9 Å². The van der Waals surface area contributed by atoms with Crippen LogP contribution in [0, 0.1) is 11.6 Å². The van der Waals surface area contributed by atoms with Gasteiger partial charge < -0.3 is 29.8 Å². The zero-order valence-electron chi connectivity index (χ0n) is 19.1. The van der Waals surface area contributed by atoms with Gasteiger partial charge in [-0.15, -0.1) is 0 Å². The monoisotopic (exact) mass is 607 g/mol. The van der Waals surface area contributed by atoms with Gasteiger partial charge in [-0.05, 0) is 51.8 Å². The van der Waals surface area contributed by atoms with Crippen molar-refractivity contribution in [1.82, 2.24) is 0 Å². The van der Waals surface area contributed by atoms with Crippen LogP contribution in [0.15, 0.2) is 51.6 Å². The van der Waals surface area contributed by atoms with E-state index in [0.717, 1.165) is 24.3 Å². The summed E-state index contributed by atoms with van der Waals surface area (Å²) in [5.41, 5.74) is 4.04. The summed E-state index contributed by atoms with van der Waals surface area (Å²) in [5, 5.41) is 18.2. The lowest BCUT2D eigenvalue weighted by Gasteiger charge is -2.19. The van der Waals surface area contributed by atoms with Gasteiger partial charge in [0.25, 0.3) is 0 Å². The summed E-state index contributed by atoms with van der Waals surface area (Å²) in [7, 11) is 0. The molecule has 1 heterocycles. The van der Waals surface area contributed by atoms with E-state index in [1.807, 2.05) is 0 Å². The average molecular weight is 608 g/mol. The zero-order valence-corrected chi connectivity index (χ0v) is 20.7. The molecule has 0 bridgehead atoms. The first kappa shape index (κ1) is 29.1. The summed E-state index contributed by atoms with van der Waals surface area (Å²) >= 11 is 3.15. The van der Waals surface area contributed by atoms with Gasteiger partial charge in [-0.3, -0.25) is 9.59 Å². The Labute approximate surface area is 219 Å². The molecule has 0 saturated carbocycles. The fourth-order valence-electron chi connectivity index (χ4n) is 3.27. The predicted octanol–water partition coefficient (Wildman–Crippen LogP) is 5.48. The fraction of sp³-hybridized carbons (Fsp3) is 0.250. The Bertz CT molecular complexity index is 1310. The van der Waals surface area contributed by atoms with E-state index in [-0.39, 0.29) is 16.0 Å². The molecule has 204 valence electrons. The minimum Gasteiger partial charge on any atom is -0.481 e. The maximum atomic E-state index is 14.8. The topological polar surface area (TPSA) is 132 Å². The number of nitrogens with two attached hydrogens (primary N) is 1. The third-order valence-electron chi connectivity index (χ3n) is 5.14. The Morgan fingerprint density at radius 2 is 1.74 bits per heavy atom. The van der Waals surface area contributed by atoms with Crippen LogP contribution in [-0.2, 0) is 20.5 Å². The van der Waals surface area contributed by atoms with Crippen molar-refractivity contribution in [2.24, 2.45) is 5.73 Å². The number of benzene rings is 2. The maximum Gasteiger partial charge on any atom is 0.416 e. The van der Waals surface area contributed by atoms with Crippen LogP contribution in [0.25, 0.3) is 11.1 Å². The predicted molar refractivity (Wildman–Crippen MR) is 124 cm³/mol.